The number of hydrogen-bond acceptors (Lipinski definition) is 6. The zero-order valence-electron chi connectivity index (χ0n) is 15.3. The first-order chi connectivity index (χ1) is 13.1. The van der Waals surface area contributed by atoms with Gasteiger partial charge in [-0.1, -0.05) is 0 Å². The Morgan fingerprint density at radius 3 is 2.74 bits per heavy atom. The Hall–Kier alpha value is -2.64. The molecule has 1 fully saturated rings. The van der Waals surface area contributed by atoms with Crippen LogP contribution in [0, 0.1) is 6.92 Å². The predicted octanol–water partition coefficient (Wildman–Crippen LogP) is 3.23. The molecule has 0 saturated carbocycles. The van der Waals surface area contributed by atoms with Crippen LogP contribution in [0.4, 0.5) is 5.69 Å². The monoisotopic (exact) mass is 380 g/mol. The molecule has 0 atom stereocenters. The first kappa shape index (κ1) is 16.5. The van der Waals surface area contributed by atoms with Crippen LogP contribution in [0.5, 0.6) is 0 Å². The summed E-state index contributed by atoms with van der Waals surface area (Å²) in [6.07, 6.45) is 1.90. The second kappa shape index (κ2) is 6.21. The molecule has 5 rings (SSSR count). The largest absolute Gasteiger partial charge is 0.422 e. The number of rotatable bonds is 2. The second-order valence-electron chi connectivity index (χ2n) is 7.12. The van der Waals surface area contributed by atoms with E-state index in [4.69, 9.17) is 4.42 Å². The number of aryl methyl sites for hydroxylation is 1. The molecular formula is C20H20N4O2S. The van der Waals surface area contributed by atoms with Crippen molar-refractivity contribution in [1.29, 1.82) is 0 Å². The molecule has 4 aromatic rings. The van der Waals surface area contributed by atoms with E-state index in [1.54, 1.807) is 11.3 Å². The Morgan fingerprint density at radius 1 is 1.15 bits per heavy atom. The molecule has 1 saturated heterocycles. The third-order valence-electron chi connectivity index (χ3n) is 5.25. The predicted molar refractivity (Wildman–Crippen MR) is 109 cm³/mol. The summed E-state index contributed by atoms with van der Waals surface area (Å²) < 4.78 is 7.66. The summed E-state index contributed by atoms with van der Waals surface area (Å²) in [5, 5.41) is 2.96. The standard InChI is InChI=1S/C20H20N4O2S/c1-13-12-27-20-21-17(11-24(13)20)16-9-14-3-4-15(10-18(14)26-19(16)25)23-7-5-22(2)6-8-23/h3-4,9-12H,5-8H2,1-2H3. The number of thiazole rings is 1. The summed E-state index contributed by atoms with van der Waals surface area (Å²) in [5.41, 5.74) is 3.65. The molecule has 0 spiro atoms. The lowest BCUT2D eigenvalue weighted by Gasteiger charge is -2.34. The van der Waals surface area contributed by atoms with Crippen LogP contribution in [0.1, 0.15) is 5.69 Å². The maximum Gasteiger partial charge on any atom is 0.345 e. The molecule has 1 aromatic carbocycles. The molecule has 27 heavy (non-hydrogen) atoms. The number of anilines is 1. The fraction of sp³-hybridized carbons (Fsp3) is 0.300. The molecule has 6 nitrogen and oxygen atoms in total. The number of likely N-dealkylation sites (N-methyl/N-ethyl adjacent to an activating group) is 1. The Morgan fingerprint density at radius 2 is 1.96 bits per heavy atom. The molecule has 4 heterocycles. The lowest BCUT2D eigenvalue weighted by Crippen LogP contribution is -2.44. The highest BCUT2D eigenvalue weighted by Gasteiger charge is 2.17. The summed E-state index contributed by atoms with van der Waals surface area (Å²) in [5.74, 6) is 0. The molecule has 1 aliphatic heterocycles. The fourth-order valence-electron chi connectivity index (χ4n) is 3.56. The van der Waals surface area contributed by atoms with Crippen LogP contribution in [-0.2, 0) is 0 Å². The van der Waals surface area contributed by atoms with Gasteiger partial charge in [-0.15, -0.1) is 11.3 Å². The van der Waals surface area contributed by atoms with Crippen LogP contribution in [-0.4, -0.2) is 47.5 Å². The van der Waals surface area contributed by atoms with Crippen LogP contribution in [0.15, 0.2) is 45.1 Å². The van der Waals surface area contributed by atoms with Gasteiger partial charge in [0.2, 0.25) is 0 Å². The van der Waals surface area contributed by atoms with E-state index in [-0.39, 0.29) is 5.63 Å². The Kier molecular flexibility index (Phi) is 3.80. The molecule has 0 aliphatic carbocycles. The van der Waals surface area contributed by atoms with Crippen LogP contribution in [0.3, 0.4) is 0 Å². The van der Waals surface area contributed by atoms with Crippen molar-refractivity contribution >= 4 is 33.0 Å². The summed E-state index contributed by atoms with van der Waals surface area (Å²) in [4.78, 5) is 22.7. The summed E-state index contributed by atoms with van der Waals surface area (Å²) >= 11 is 1.57. The van der Waals surface area contributed by atoms with Gasteiger partial charge in [0.15, 0.2) is 4.96 Å². The van der Waals surface area contributed by atoms with Gasteiger partial charge >= 0.3 is 5.63 Å². The molecule has 138 valence electrons. The minimum Gasteiger partial charge on any atom is -0.422 e. The summed E-state index contributed by atoms with van der Waals surface area (Å²) in [6, 6.07) is 7.99. The summed E-state index contributed by atoms with van der Waals surface area (Å²) in [7, 11) is 2.14. The van der Waals surface area contributed by atoms with Gasteiger partial charge < -0.3 is 14.2 Å². The van der Waals surface area contributed by atoms with E-state index < -0.39 is 0 Å². The van der Waals surface area contributed by atoms with Crippen molar-refractivity contribution in [3.05, 3.63) is 52.0 Å². The number of benzene rings is 1. The molecule has 0 amide bonds. The average Bonchev–Trinajstić information content (AvgIpc) is 3.23. The van der Waals surface area contributed by atoms with Crippen molar-refractivity contribution in [2.75, 3.05) is 38.1 Å². The van der Waals surface area contributed by atoms with E-state index in [9.17, 15) is 4.79 Å². The summed E-state index contributed by atoms with van der Waals surface area (Å²) in [6.45, 7) is 6.07. The van der Waals surface area contributed by atoms with Gasteiger partial charge in [0.25, 0.3) is 0 Å². The normalized spacial score (nSPS) is 15.9. The molecule has 3 aromatic heterocycles. The van der Waals surface area contributed by atoms with E-state index in [1.807, 2.05) is 35.7 Å². The van der Waals surface area contributed by atoms with Crippen molar-refractivity contribution in [1.82, 2.24) is 14.3 Å². The molecule has 7 heteroatoms. The number of hydrogen-bond donors (Lipinski definition) is 0. The number of fused-ring (bicyclic) bond motifs is 2. The number of nitrogens with zero attached hydrogens (tertiary/aromatic N) is 4. The Balaban J connectivity index is 1.55. The molecule has 0 bridgehead atoms. The van der Waals surface area contributed by atoms with Gasteiger partial charge in [0.05, 0.1) is 11.3 Å². The molecule has 1 aliphatic rings. The van der Waals surface area contributed by atoms with Crippen molar-refractivity contribution < 1.29 is 4.42 Å². The molecule has 0 unspecified atom stereocenters. The maximum atomic E-state index is 12.6. The highest BCUT2D eigenvalue weighted by molar-refractivity contribution is 7.15. The minimum atomic E-state index is -0.346. The van der Waals surface area contributed by atoms with Crippen LogP contribution in [0.25, 0.3) is 27.2 Å². The Bertz CT molecular complexity index is 1200. The van der Waals surface area contributed by atoms with Crippen molar-refractivity contribution in [3.63, 3.8) is 0 Å². The van der Waals surface area contributed by atoms with Crippen LogP contribution in [0.2, 0.25) is 0 Å². The van der Waals surface area contributed by atoms with Gasteiger partial charge in [-0.05, 0) is 32.2 Å². The van der Waals surface area contributed by atoms with Gasteiger partial charge in [-0.3, -0.25) is 4.40 Å². The maximum absolute atomic E-state index is 12.6. The lowest BCUT2D eigenvalue weighted by molar-refractivity contribution is 0.313. The van der Waals surface area contributed by atoms with Crippen molar-refractivity contribution in [3.8, 4) is 11.3 Å². The third-order valence-corrected chi connectivity index (χ3v) is 6.21. The first-order valence-corrected chi connectivity index (χ1v) is 9.91. The Labute approximate surface area is 160 Å². The van der Waals surface area contributed by atoms with Crippen LogP contribution >= 0.6 is 11.3 Å². The zero-order chi connectivity index (χ0) is 18.5. The molecule has 0 N–H and O–H groups in total. The highest BCUT2D eigenvalue weighted by Crippen LogP contribution is 2.27. The molecule has 0 radical (unpaired) electrons. The number of aromatic nitrogens is 2. The molecular weight excluding hydrogens is 360 g/mol. The average molecular weight is 380 g/mol. The van der Waals surface area contributed by atoms with E-state index in [2.05, 4.69) is 33.3 Å². The smallest absolute Gasteiger partial charge is 0.345 e. The van der Waals surface area contributed by atoms with Gasteiger partial charge in [-0.25, -0.2) is 9.78 Å². The highest BCUT2D eigenvalue weighted by atomic mass is 32.1. The van der Waals surface area contributed by atoms with E-state index in [0.717, 1.165) is 47.9 Å². The van der Waals surface area contributed by atoms with Crippen LogP contribution < -0.4 is 10.5 Å². The topological polar surface area (TPSA) is 54.0 Å². The number of imidazole rings is 1. The first-order valence-electron chi connectivity index (χ1n) is 9.03. The minimum absolute atomic E-state index is 0.346. The second-order valence-corrected chi connectivity index (χ2v) is 7.95. The van der Waals surface area contributed by atoms with Gasteiger partial charge in [0.1, 0.15) is 5.58 Å². The quantitative estimate of drug-likeness (QED) is 0.500. The zero-order valence-corrected chi connectivity index (χ0v) is 16.1. The van der Waals surface area contributed by atoms with Crippen molar-refractivity contribution in [2.45, 2.75) is 6.92 Å². The van der Waals surface area contributed by atoms with E-state index in [0.29, 0.717) is 16.8 Å². The SMILES string of the molecule is Cc1csc2nc(-c3cc4ccc(N5CCN(C)CC5)cc4oc3=O)cn12. The van der Waals surface area contributed by atoms with E-state index in [1.165, 1.54) is 0 Å². The fourth-order valence-corrected chi connectivity index (χ4v) is 4.41. The number of piperazine rings is 1. The lowest BCUT2D eigenvalue weighted by atomic mass is 10.1. The van der Waals surface area contributed by atoms with E-state index >= 15 is 0 Å². The van der Waals surface area contributed by atoms with Gasteiger partial charge in [-0.2, -0.15) is 0 Å². The third kappa shape index (κ3) is 2.83. The van der Waals surface area contributed by atoms with Gasteiger partial charge in [0, 0.05) is 60.6 Å². The van der Waals surface area contributed by atoms with Crippen molar-refractivity contribution in [2.24, 2.45) is 0 Å².